The predicted octanol–water partition coefficient (Wildman–Crippen LogP) is -1.11. The summed E-state index contributed by atoms with van der Waals surface area (Å²) in [4.78, 5) is 1.79. The molecule has 3 N–H and O–H groups in total. The van der Waals surface area contributed by atoms with Gasteiger partial charge in [0.05, 0.1) is 19.8 Å². The van der Waals surface area contributed by atoms with E-state index in [1.807, 2.05) is 11.6 Å². The van der Waals surface area contributed by atoms with E-state index in [1.54, 1.807) is 4.90 Å². The first kappa shape index (κ1) is 18.6. The van der Waals surface area contributed by atoms with E-state index in [-0.39, 0.29) is 19.8 Å². The predicted molar refractivity (Wildman–Crippen MR) is 75.2 cm³/mol. The molecule has 0 bridgehead atoms. The van der Waals surface area contributed by atoms with Gasteiger partial charge in [0.1, 0.15) is 0 Å². The van der Waals surface area contributed by atoms with Crippen molar-refractivity contribution in [1.29, 1.82) is 0 Å². The van der Waals surface area contributed by atoms with E-state index in [0.717, 1.165) is 11.1 Å². The van der Waals surface area contributed by atoms with Crippen LogP contribution in [0.3, 0.4) is 0 Å². The normalized spacial score (nSPS) is 10.5. The van der Waals surface area contributed by atoms with Crippen molar-refractivity contribution in [3.8, 4) is 0 Å². The number of hydrogen-bond acceptors (Lipinski definition) is 5. The molecule has 0 saturated heterocycles. The third kappa shape index (κ3) is 8.38. The Morgan fingerprint density at radius 1 is 1.11 bits per heavy atom. The van der Waals surface area contributed by atoms with Crippen LogP contribution in [-0.4, -0.2) is 86.0 Å². The van der Waals surface area contributed by atoms with Crippen LogP contribution in [0, 0.1) is 13.8 Å². The van der Waals surface area contributed by atoms with Gasteiger partial charge in [0, 0.05) is 19.6 Å². The zero-order valence-corrected chi connectivity index (χ0v) is 13.8. The van der Waals surface area contributed by atoms with E-state index in [0.29, 0.717) is 19.6 Å². The Morgan fingerprint density at radius 2 is 1.58 bits per heavy atom. The first-order valence-electron chi connectivity index (χ1n) is 6.29. The summed E-state index contributed by atoms with van der Waals surface area (Å²) in [6, 6.07) is 2.09. The molecule has 0 unspecified atom stereocenters. The summed E-state index contributed by atoms with van der Waals surface area (Å²) >= 11 is 2.10. The molecule has 0 spiro atoms. The Kier molecular flexibility index (Phi) is 11.2. The number of nitrogens with zero attached hydrogens (tertiary/aromatic N) is 3. The minimum absolute atomic E-state index is 0.0694. The first-order chi connectivity index (χ1) is 9.08. The van der Waals surface area contributed by atoms with E-state index in [9.17, 15) is 0 Å². The van der Waals surface area contributed by atoms with E-state index in [4.69, 9.17) is 15.3 Å². The Bertz CT molecular complexity index is 320. The summed E-state index contributed by atoms with van der Waals surface area (Å²) in [7, 11) is 0. The maximum Gasteiger partial charge on any atom is 0.0558 e. The topological polar surface area (TPSA) is 81.8 Å². The van der Waals surface area contributed by atoms with Crippen LogP contribution in [0.4, 0.5) is 0 Å². The maximum absolute atomic E-state index is 8.48. The quantitative estimate of drug-likeness (QED) is 0.552. The molecule has 1 aromatic rings. The Labute approximate surface area is 123 Å². The van der Waals surface area contributed by atoms with Gasteiger partial charge in [-0.15, -0.1) is 0 Å². The van der Waals surface area contributed by atoms with Crippen LogP contribution in [0.2, 0.25) is 0 Å². The van der Waals surface area contributed by atoms with Crippen LogP contribution in [0.15, 0.2) is 6.07 Å². The monoisotopic (exact) mass is 332 g/mol. The number of hydrogen-bond donors (Lipinski definition) is 3. The third-order valence-corrected chi connectivity index (χ3v) is 3.13. The van der Waals surface area contributed by atoms with Crippen molar-refractivity contribution in [2.45, 2.75) is 19.2 Å². The van der Waals surface area contributed by atoms with Gasteiger partial charge >= 0.3 is 63.0 Å². The average molecular weight is 331 g/mol. The van der Waals surface area contributed by atoms with Crippen LogP contribution >= 0.6 is 0 Å². The standard InChI is InChI=1S/C6H9GeN2.C6H15NO3/c1-5-3-6(2)9(4-7)8-5;8-4-1-7(2-5-9)3-6-10/h3H,4H2,1-2H3;8-10H,1-6H2. The van der Waals surface area contributed by atoms with Crippen molar-refractivity contribution < 1.29 is 15.3 Å². The van der Waals surface area contributed by atoms with Crippen molar-refractivity contribution in [2.24, 2.45) is 0 Å². The van der Waals surface area contributed by atoms with Gasteiger partial charge in [0.15, 0.2) is 0 Å². The van der Waals surface area contributed by atoms with Gasteiger partial charge in [-0.3, -0.25) is 4.90 Å². The summed E-state index contributed by atoms with van der Waals surface area (Å²) in [6.45, 7) is 5.84. The second-order valence-electron chi connectivity index (χ2n) is 4.10. The van der Waals surface area contributed by atoms with Crippen molar-refractivity contribution in [3.05, 3.63) is 17.5 Å². The van der Waals surface area contributed by atoms with Crippen molar-refractivity contribution >= 4 is 16.5 Å². The Balaban J connectivity index is 0.000000342. The third-order valence-electron chi connectivity index (χ3n) is 2.50. The molecular formula is C12H24GeN3O3. The molecule has 1 heterocycles. The summed E-state index contributed by atoms with van der Waals surface area (Å²) in [5, 5.41) is 30.7. The van der Waals surface area contributed by atoms with E-state index in [2.05, 4.69) is 34.6 Å². The van der Waals surface area contributed by atoms with Gasteiger partial charge in [0.2, 0.25) is 0 Å². The summed E-state index contributed by atoms with van der Waals surface area (Å²) in [5.41, 5.74) is 2.35. The van der Waals surface area contributed by atoms with Gasteiger partial charge < -0.3 is 15.3 Å². The molecule has 1 aromatic heterocycles. The number of aryl methyl sites for hydroxylation is 2. The molecule has 3 radical (unpaired) electrons. The zero-order chi connectivity index (χ0) is 14.7. The molecule has 0 saturated carbocycles. The molecule has 0 atom stereocenters. The minimum atomic E-state index is 0.0694. The Morgan fingerprint density at radius 3 is 1.79 bits per heavy atom. The maximum atomic E-state index is 8.48. The van der Waals surface area contributed by atoms with E-state index >= 15 is 0 Å². The fraction of sp³-hybridized carbons (Fsp3) is 0.750. The molecule has 0 fully saturated rings. The van der Waals surface area contributed by atoms with Gasteiger partial charge in [-0.05, 0) is 0 Å². The van der Waals surface area contributed by atoms with Gasteiger partial charge in [-0.1, -0.05) is 0 Å². The fourth-order valence-electron chi connectivity index (χ4n) is 1.59. The van der Waals surface area contributed by atoms with Crippen LogP contribution in [0.1, 0.15) is 11.4 Å². The van der Waals surface area contributed by atoms with Crippen LogP contribution in [-0.2, 0) is 5.38 Å². The summed E-state index contributed by atoms with van der Waals surface area (Å²) in [5.74, 6) is 0. The molecular weight excluding hydrogens is 307 g/mol. The molecule has 0 aliphatic rings. The molecule has 19 heavy (non-hydrogen) atoms. The summed E-state index contributed by atoms with van der Waals surface area (Å²) in [6.07, 6.45) is 0. The Hall–Kier alpha value is -0.407. The molecule has 1 rings (SSSR count). The number of aliphatic hydroxyl groups excluding tert-OH is 3. The number of rotatable bonds is 7. The molecule has 6 nitrogen and oxygen atoms in total. The van der Waals surface area contributed by atoms with Crippen molar-refractivity contribution in [1.82, 2.24) is 14.7 Å². The zero-order valence-electron chi connectivity index (χ0n) is 11.7. The van der Waals surface area contributed by atoms with Crippen LogP contribution in [0.25, 0.3) is 0 Å². The van der Waals surface area contributed by atoms with Crippen molar-refractivity contribution in [3.63, 3.8) is 0 Å². The SMILES string of the molecule is Cc1cc(C)n([CH2][Ge])n1.OCCN(CCO)CCO. The smallest absolute Gasteiger partial charge is 0.0558 e. The second-order valence-corrected chi connectivity index (χ2v) is 4.76. The minimum Gasteiger partial charge on any atom is -0.395 e. The molecule has 109 valence electrons. The molecule has 0 aliphatic heterocycles. The largest absolute Gasteiger partial charge is 0.395 e. The average Bonchev–Trinajstić information content (AvgIpc) is 2.69. The van der Waals surface area contributed by atoms with Gasteiger partial charge in [-0.25, -0.2) is 0 Å². The number of aliphatic hydroxyl groups is 3. The van der Waals surface area contributed by atoms with Crippen molar-refractivity contribution in [2.75, 3.05) is 39.5 Å². The van der Waals surface area contributed by atoms with E-state index < -0.39 is 0 Å². The van der Waals surface area contributed by atoms with Gasteiger partial charge in [-0.2, -0.15) is 0 Å². The van der Waals surface area contributed by atoms with E-state index in [1.165, 1.54) is 5.69 Å². The van der Waals surface area contributed by atoms with Crippen LogP contribution in [0.5, 0.6) is 0 Å². The molecule has 0 aromatic carbocycles. The fourth-order valence-corrected chi connectivity index (χ4v) is 2.27. The molecule has 0 amide bonds. The van der Waals surface area contributed by atoms with Gasteiger partial charge in [0.25, 0.3) is 0 Å². The molecule has 7 heteroatoms. The first-order valence-corrected chi connectivity index (χ1v) is 7.78. The second kappa shape index (κ2) is 11.4. The summed E-state index contributed by atoms with van der Waals surface area (Å²) < 4.78 is 2.00. The van der Waals surface area contributed by atoms with Crippen LogP contribution < -0.4 is 0 Å². The molecule has 0 aliphatic carbocycles. The number of aromatic nitrogens is 2.